The van der Waals surface area contributed by atoms with Crippen molar-refractivity contribution in [2.75, 3.05) is 50.1 Å². The molecular formula is C28H31F3N8O7. The molecule has 0 unspecified atom stereocenters. The first-order chi connectivity index (χ1) is 21.8. The number of amides is 1. The van der Waals surface area contributed by atoms with Crippen LogP contribution in [0.15, 0.2) is 36.5 Å². The predicted octanol–water partition coefficient (Wildman–Crippen LogP) is 1.64. The molecule has 1 saturated heterocycles. The molecule has 1 aromatic carbocycles. The first-order valence-corrected chi connectivity index (χ1v) is 13.9. The number of aromatic nitrogens is 4. The third-order valence-corrected chi connectivity index (χ3v) is 7.00. The Morgan fingerprint density at radius 2 is 1.76 bits per heavy atom. The van der Waals surface area contributed by atoms with E-state index in [1.54, 1.807) is 18.3 Å². The zero-order chi connectivity index (χ0) is 33.6. The quantitative estimate of drug-likeness (QED) is 0.209. The highest BCUT2D eigenvalue weighted by Crippen LogP contribution is 2.38. The van der Waals surface area contributed by atoms with Crippen LogP contribution in [0, 0.1) is 0 Å². The third-order valence-electron chi connectivity index (χ3n) is 7.00. The van der Waals surface area contributed by atoms with Gasteiger partial charge in [-0.3, -0.25) is 9.48 Å². The Hall–Kier alpha value is -5.23. The highest BCUT2D eigenvalue weighted by molar-refractivity contribution is 5.94. The molecule has 1 aliphatic carbocycles. The first kappa shape index (κ1) is 33.7. The number of nitrogens with one attached hydrogen (secondary N) is 1. The fourth-order valence-electron chi connectivity index (χ4n) is 4.92. The van der Waals surface area contributed by atoms with Crippen molar-refractivity contribution in [1.82, 2.24) is 24.6 Å². The minimum atomic E-state index is -4.89. The summed E-state index contributed by atoms with van der Waals surface area (Å²) in [6, 6.07) is 4.45. The van der Waals surface area contributed by atoms with Gasteiger partial charge in [0.2, 0.25) is 5.95 Å². The summed E-state index contributed by atoms with van der Waals surface area (Å²) in [6.07, 6.45) is -1.18. The third kappa shape index (κ3) is 8.48. The van der Waals surface area contributed by atoms with Crippen LogP contribution in [0.5, 0.6) is 5.75 Å². The van der Waals surface area contributed by atoms with Crippen molar-refractivity contribution < 1.29 is 47.6 Å². The van der Waals surface area contributed by atoms with Gasteiger partial charge in [0.15, 0.2) is 11.4 Å². The molecule has 0 bridgehead atoms. The van der Waals surface area contributed by atoms with E-state index in [1.807, 2.05) is 7.05 Å². The Balaban J connectivity index is 0.000000533. The number of carboxylic acid groups (broad SMARTS) is 2. The number of aryl methyl sites for hydroxylation is 1. The lowest BCUT2D eigenvalue weighted by Gasteiger charge is -2.34. The number of likely N-dealkylation sites (N-methyl/N-ethyl adjacent to an activating group) is 1. The summed E-state index contributed by atoms with van der Waals surface area (Å²) in [5.41, 5.74) is 8.79. The molecular weight excluding hydrogens is 617 g/mol. The second-order valence-electron chi connectivity index (χ2n) is 10.2. The number of rotatable bonds is 9. The van der Waals surface area contributed by atoms with Crippen molar-refractivity contribution in [2.24, 2.45) is 5.73 Å². The molecule has 1 fully saturated rings. The zero-order valence-electron chi connectivity index (χ0n) is 24.5. The topological polar surface area (TPSA) is 209 Å². The number of aliphatic hydroxyl groups is 1. The van der Waals surface area contributed by atoms with Crippen molar-refractivity contribution in [3.8, 4) is 17.1 Å². The van der Waals surface area contributed by atoms with Gasteiger partial charge in [0.25, 0.3) is 5.91 Å². The molecule has 246 valence electrons. The lowest BCUT2D eigenvalue weighted by molar-refractivity contribution is -0.274. The molecule has 18 heteroatoms. The Labute approximate surface area is 259 Å². The van der Waals surface area contributed by atoms with Crippen molar-refractivity contribution in [2.45, 2.75) is 25.7 Å². The highest BCUT2D eigenvalue weighted by atomic mass is 19.4. The van der Waals surface area contributed by atoms with E-state index in [4.69, 9.17) is 15.9 Å². The van der Waals surface area contributed by atoms with Crippen LogP contribution in [0.4, 0.5) is 30.5 Å². The van der Waals surface area contributed by atoms with E-state index >= 15 is 0 Å². The fourth-order valence-corrected chi connectivity index (χ4v) is 4.92. The van der Waals surface area contributed by atoms with Gasteiger partial charge in [-0.2, -0.15) is 5.10 Å². The van der Waals surface area contributed by atoms with Crippen LogP contribution in [0.3, 0.4) is 0 Å². The van der Waals surface area contributed by atoms with Crippen LogP contribution in [0.1, 0.15) is 21.6 Å². The summed E-state index contributed by atoms with van der Waals surface area (Å²) in [6.45, 7) is 2.99. The maximum atomic E-state index is 13.2. The number of hydrogen-bond acceptors (Lipinski definition) is 11. The summed E-state index contributed by atoms with van der Waals surface area (Å²) in [5.74, 6) is -3.58. The van der Waals surface area contributed by atoms with Gasteiger partial charge in [-0.05, 0) is 43.7 Å². The Kier molecular flexibility index (Phi) is 10.4. The number of aliphatic carboxylic acids is 2. The number of fused-ring (bicyclic) bond motifs is 3. The minimum Gasteiger partial charge on any atom is -0.478 e. The van der Waals surface area contributed by atoms with Crippen LogP contribution >= 0.6 is 0 Å². The van der Waals surface area contributed by atoms with Crippen LogP contribution < -0.4 is 20.7 Å². The molecule has 3 aromatic rings. The van der Waals surface area contributed by atoms with Gasteiger partial charge < -0.3 is 40.9 Å². The molecule has 0 saturated carbocycles. The van der Waals surface area contributed by atoms with Crippen LogP contribution in [0.2, 0.25) is 0 Å². The van der Waals surface area contributed by atoms with E-state index in [2.05, 4.69) is 34.9 Å². The summed E-state index contributed by atoms with van der Waals surface area (Å²) in [7, 11) is 2.02. The number of hydrogen-bond donors (Lipinski definition) is 5. The number of piperazine rings is 1. The Morgan fingerprint density at radius 1 is 1.09 bits per heavy atom. The number of carboxylic acids is 2. The zero-order valence-corrected chi connectivity index (χ0v) is 24.5. The monoisotopic (exact) mass is 648 g/mol. The molecule has 1 aliphatic heterocycles. The van der Waals surface area contributed by atoms with E-state index in [0.29, 0.717) is 41.9 Å². The number of primary amides is 1. The standard InChI is InChI=1S/C24H27F3N8O3.C4H4O4/c1-33-6-8-34(9-7-33)15-3-5-18(38-24(25,26)27)17(12-15)30-23-29-13-14-2-4-16-20(22(28)37)32-35(10-11-36)21(16)19(14)31-23;5-3(6)1-2-4(7)8/h3,5,12-13,36H,2,4,6-11H2,1H3,(H2,28,37)(H,29,30,31);1-2H,(H,5,6)(H,7,8)/b;2-1-. The van der Waals surface area contributed by atoms with Gasteiger partial charge in [-0.25, -0.2) is 19.6 Å². The number of halogens is 3. The Bertz CT molecular complexity index is 1620. The summed E-state index contributed by atoms with van der Waals surface area (Å²) < 4.78 is 45.2. The number of carbonyl (C=O) groups excluding carboxylic acids is 1. The van der Waals surface area contributed by atoms with Crippen LogP contribution in [-0.2, 0) is 29.0 Å². The maximum absolute atomic E-state index is 13.2. The second-order valence-corrected chi connectivity index (χ2v) is 10.2. The smallest absolute Gasteiger partial charge is 0.478 e. The van der Waals surface area contributed by atoms with E-state index in [0.717, 1.165) is 37.4 Å². The number of aliphatic hydroxyl groups excluding tert-OH is 1. The van der Waals surface area contributed by atoms with Gasteiger partial charge in [0, 0.05) is 55.8 Å². The van der Waals surface area contributed by atoms with Crippen molar-refractivity contribution in [3.05, 3.63) is 53.4 Å². The summed E-state index contributed by atoms with van der Waals surface area (Å²) >= 11 is 0. The molecule has 15 nitrogen and oxygen atoms in total. The molecule has 0 atom stereocenters. The average Bonchev–Trinajstić information content (AvgIpc) is 3.36. The van der Waals surface area contributed by atoms with Gasteiger partial charge in [0.1, 0.15) is 0 Å². The molecule has 6 N–H and O–H groups in total. The van der Waals surface area contributed by atoms with E-state index in [1.165, 1.54) is 10.7 Å². The summed E-state index contributed by atoms with van der Waals surface area (Å²) in [4.78, 5) is 44.2. The second kappa shape index (κ2) is 14.2. The predicted molar refractivity (Wildman–Crippen MR) is 157 cm³/mol. The van der Waals surface area contributed by atoms with Gasteiger partial charge in [0.05, 0.1) is 30.2 Å². The number of nitrogens with zero attached hydrogens (tertiary/aromatic N) is 6. The highest BCUT2D eigenvalue weighted by Gasteiger charge is 2.33. The normalized spacial score (nSPS) is 14.6. The molecule has 3 heterocycles. The molecule has 0 radical (unpaired) electrons. The van der Waals surface area contributed by atoms with E-state index in [-0.39, 0.29) is 30.5 Å². The molecule has 46 heavy (non-hydrogen) atoms. The van der Waals surface area contributed by atoms with Crippen LogP contribution in [0.25, 0.3) is 11.4 Å². The number of alkyl halides is 3. The lowest BCUT2D eigenvalue weighted by Crippen LogP contribution is -2.44. The van der Waals surface area contributed by atoms with E-state index in [9.17, 15) is 32.7 Å². The van der Waals surface area contributed by atoms with Crippen molar-refractivity contribution >= 4 is 35.2 Å². The molecule has 0 spiro atoms. The average molecular weight is 649 g/mol. The SMILES string of the molecule is CN1CCN(c2ccc(OC(F)(F)F)c(Nc3ncc4c(n3)-c3c(c(C(N)=O)nn3CCO)CC4)c2)CC1.O=C(O)/C=C\C(=O)O. The molecule has 2 aliphatic rings. The summed E-state index contributed by atoms with van der Waals surface area (Å²) in [5, 5.41) is 32.3. The number of carbonyl (C=O) groups is 3. The van der Waals surface area contributed by atoms with E-state index < -0.39 is 30.0 Å². The van der Waals surface area contributed by atoms with Crippen molar-refractivity contribution in [1.29, 1.82) is 0 Å². The van der Waals surface area contributed by atoms with Crippen LogP contribution in [-0.4, -0.2) is 104 Å². The minimum absolute atomic E-state index is 0.0384. The molecule has 1 amide bonds. The maximum Gasteiger partial charge on any atom is 0.573 e. The van der Waals surface area contributed by atoms with Crippen molar-refractivity contribution in [3.63, 3.8) is 0 Å². The molecule has 5 rings (SSSR count). The van der Waals surface area contributed by atoms with Gasteiger partial charge in [-0.1, -0.05) is 0 Å². The lowest BCUT2D eigenvalue weighted by atomic mass is 9.93. The molecule has 2 aromatic heterocycles. The first-order valence-electron chi connectivity index (χ1n) is 13.9. The Morgan fingerprint density at radius 3 is 2.35 bits per heavy atom. The van der Waals surface area contributed by atoms with Gasteiger partial charge >= 0.3 is 18.3 Å². The number of benzene rings is 1. The number of ether oxygens (including phenoxy) is 1. The number of anilines is 3. The van der Waals surface area contributed by atoms with Gasteiger partial charge in [-0.15, -0.1) is 13.2 Å². The number of nitrogens with two attached hydrogens (primary N) is 1. The fraction of sp³-hybridized carbons (Fsp3) is 0.357. The largest absolute Gasteiger partial charge is 0.573 e.